The second kappa shape index (κ2) is 18.2. The third-order valence-corrected chi connectivity index (χ3v) is 7.87. The number of ether oxygens (including phenoxy) is 2. The van der Waals surface area contributed by atoms with Gasteiger partial charge in [0.15, 0.2) is 0 Å². The van der Waals surface area contributed by atoms with Crippen molar-refractivity contribution < 1.29 is 24.2 Å². The number of nitrogens with zero attached hydrogens (tertiary/aromatic N) is 1. The van der Waals surface area contributed by atoms with E-state index in [1.54, 1.807) is 30.0 Å². The predicted octanol–water partition coefficient (Wildman–Crippen LogP) is 6.90. The number of carbonyl (C=O) groups is 2. The normalized spacial score (nSPS) is 13.8. The number of halogens is 1. The van der Waals surface area contributed by atoms with E-state index in [1.807, 2.05) is 49.5 Å². The summed E-state index contributed by atoms with van der Waals surface area (Å²) in [6, 6.07) is 23.3. The highest BCUT2D eigenvalue weighted by Gasteiger charge is 2.15. The van der Waals surface area contributed by atoms with E-state index < -0.39 is 11.9 Å². The van der Waals surface area contributed by atoms with Crippen LogP contribution in [-0.2, 0) is 22.4 Å². The summed E-state index contributed by atoms with van der Waals surface area (Å²) in [5, 5.41) is 9.50. The van der Waals surface area contributed by atoms with Gasteiger partial charge in [-0.05, 0) is 67.1 Å². The highest BCUT2D eigenvalue weighted by atomic mass is 35.5. The summed E-state index contributed by atoms with van der Waals surface area (Å²) >= 11 is 6.23. The molecule has 0 heterocycles. The van der Waals surface area contributed by atoms with Gasteiger partial charge in [-0.1, -0.05) is 79.4 Å². The lowest BCUT2D eigenvalue weighted by atomic mass is 9.97. The average molecular weight is 609 g/mol. The van der Waals surface area contributed by atoms with Crippen molar-refractivity contribution in [2.24, 2.45) is 5.73 Å². The topological polar surface area (TPSA) is 102 Å². The minimum absolute atomic E-state index is 0.0841. The molecule has 3 aromatic rings. The van der Waals surface area contributed by atoms with Crippen molar-refractivity contribution >= 4 is 23.5 Å². The number of hydrogen-bond donors (Lipinski definition) is 2. The molecule has 0 bridgehead atoms. The van der Waals surface area contributed by atoms with Crippen LogP contribution < -0.4 is 15.2 Å². The standard InChI is InChI=1S/C29H32ClNO5.C6H13N/c1-21(29(33)34)24-11-14-27(26(30)20-24)36-18-6-17-35-25-12-9-23(10-13-25)19-28(32)31(2)16-15-22-7-4-3-5-8-22;7-6-4-2-1-3-5-6/h3-5,7-14,20-21H,6,15-19H2,1-2H3,(H,33,34);6H,1-5,7H2. The number of amides is 1. The Hall–Kier alpha value is -3.55. The molecule has 0 radical (unpaired) electrons. The van der Waals surface area contributed by atoms with Gasteiger partial charge in [0.2, 0.25) is 5.91 Å². The van der Waals surface area contributed by atoms with Gasteiger partial charge >= 0.3 is 5.97 Å². The maximum atomic E-state index is 12.5. The van der Waals surface area contributed by atoms with Crippen LogP contribution in [0.1, 0.15) is 68.1 Å². The van der Waals surface area contributed by atoms with Gasteiger partial charge in [-0.25, -0.2) is 0 Å². The Balaban J connectivity index is 0.000000633. The molecule has 1 aliphatic carbocycles. The summed E-state index contributed by atoms with van der Waals surface area (Å²) in [4.78, 5) is 25.4. The molecule has 1 unspecified atom stereocenters. The number of aliphatic carboxylic acids is 1. The molecule has 0 aromatic heterocycles. The molecular formula is C35H45ClN2O5. The zero-order valence-electron chi connectivity index (χ0n) is 25.3. The van der Waals surface area contributed by atoms with E-state index in [4.69, 9.17) is 31.9 Å². The number of benzene rings is 3. The van der Waals surface area contributed by atoms with E-state index >= 15 is 0 Å². The minimum atomic E-state index is -0.900. The smallest absolute Gasteiger partial charge is 0.310 e. The molecule has 1 fully saturated rings. The number of carboxylic acid groups (broad SMARTS) is 1. The number of likely N-dealkylation sites (N-methyl/N-ethyl adjacent to an activating group) is 1. The molecular weight excluding hydrogens is 564 g/mol. The van der Waals surface area contributed by atoms with Gasteiger partial charge in [0.25, 0.3) is 0 Å². The first-order chi connectivity index (χ1) is 20.7. The molecule has 3 N–H and O–H groups in total. The lowest BCUT2D eigenvalue weighted by molar-refractivity contribution is -0.138. The van der Waals surface area contributed by atoms with Crippen LogP contribution in [0, 0.1) is 0 Å². The fourth-order valence-electron chi connectivity index (χ4n) is 4.69. The van der Waals surface area contributed by atoms with Crippen molar-refractivity contribution in [3.63, 3.8) is 0 Å². The second-order valence-corrected chi connectivity index (χ2v) is 11.5. The summed E-state index contributed by atoms with van der Waals surface area (Å²) in [6.07, 6.45) is 8.50. The zero-order chi connectivity index (χ0) is 31.0. The SMILES string of the molecule is CC(C(=O)O)c1ccc(OCCCOc2ccc(CC(=O)N(C)CCc3ccccc3)cc2)c(Cl)c1.NC1CCCCC1. The predicted molar refractivity (Wildman–Crippen MR) is 172 cm³/mol. The van der Waals surface area contributed by atoms with E-state index in [2.05, 4.69) is 12.1 Å². The highest BCUT2D eigenvalue weighted by Crippen LogP contribution is 2.29. The van der Waals surface area contributed by atoms with Gasteiger partial charge < -0.3 is 25.2 Å². The summed E-state index contributed by atoms with van der Waals surface area (Å²) in [5.41, 5.74) is 8.43. The van der Waals surface area contributed by atoms with E-state index in [9.17, 15) is 9.59 Å². The minimum Gasteiger partial charge on any atom is -0.493 e. The van der Waals surface area contributed by atoms with Gasteiger partial charge in [-0.2, -0.15) is 0 Å². The molecule has 4 rings (SSSR count). The Morgan fingerprint density at radius 3 is 2.23 bits per heavy atom. The Kier molecular flexibility index (Phi) is 14.4. The summed E-state index contributed by atoms with van der Waals surface area (Å²) in [5.74, 6) is -0.201. The average Bonchev–Trinajstić information content (AvgIpc) is 3.02. The molecule has 0 spiro atoms. The number of nitrogens with two attached hydrogens (primary N) is 1. The summed E-state index contributed by atoms with van der Waals surface area (Å²) in [7, 11) is 1.84. The van der Waals surface area contributed by atoms with Crippen molar-refractivity contribution in [2.75, 3.05) is 26.8 Å². The Labute approximate surface area is 260 Å². The summed E-state index contributed by atoms with van der Waals surface area (Å²) < 4.78 is 11.5. The van der Waals surface area contributed by atoms with Crippen LogP contribution in [0.2, 0.25) is 5.02 Å². The van der Waals surface area contributed by atoms with Crippen LogP contribution in [-0.4, -0.2) is 54.7 Å². The molecule has 1 saturated carbocycles. The maximum absolute atomic E-state index is 12.5. The van der Waals surface area contributed by atoms with Crippen LogP contribution in [0.3, 0.4) is 0 Å². The van der Waals surface area contributed by atoms with E-state index in [-0.39, 0.29) is 5.91 Å². The molecule has 7 nitrogen and oxygen atoms in total. The molecule has 232 valence electrons. The van der Waals surface area contributed by atoms with Crippen LogP contribution in [0.15, 0.2) is 72.8 Å². The van der Waals surface area contributed by atoms with E-state index in [0.717, 1.165) is 17.7 Å². The third kappa shape index (κ3) is 12.3. The quantitative estimate of drug-likeness (QED) is 0.205. The van der Waals surface area contributed by atoms with Crippen molar-refractivity contribution in [2.45, 2.75) is 70.3 Å². The van der Waals surface area contributed by atoms with Gasteiger partial charge in [0.1, 0.15) is 11.5 Å². The number of rotatable bonds is 13. The molecule has 1 atom stereocenters. The molecule has 0 saturated heterocycles. The van der Waals surface area contributed by atoms with Crippen molar-refractivity contribution in [1.82, 2.24) is 4.90 Å². The largest absolute Gasteiger partial charge is 0.493 e. The number of carboxylic acids is 1. The number of hydrogen-bond acceptors (Lipinski definition) is 5. The van der Waals surface area contributed by atoms with Gasteiger partial charge in [0.05, 0.1) is 30.6 Å². The highest BCUT2D eigenvalue weighted by molar-refractivity contribution is 6.32. The van der Waals surface area contributed by atoms with E-state index in [0.29, 0.717) is 55.0 Å². The molecule has 0 aliphatic heterocycles. The Morgan fingerprint density at radius 2 is 1.63 bits per heavy atom. The van der Waals surface area contributed by atoms with Crippen molar-refractivity contribution in [3.8, 4) is 11.5 Å². The first-order valence-electron chi connectivity index (χ1n) is 15.1. The first kappa shape index (κ1) is 33.9. The van der Waals surface area contributed by atoms with Gasteiger partial charge in [-0.3, -0.25) is 9.59 Å². The Bertz CT molecular complexity index is 1260. The zero-order valence-corrected chi connectivity index (χ0v) is 26.1. The molecule has 3 aromatic carbocycles. The molecule has 8 heteroatoms. The van der Waals surface area contributed by atoms with Crippen LogP contribution in [0.4, 0.5) is 0 Å². The van der Waals surface area contributed by atoms with Crippen molar-refractivity contribution in [3.05, 3.63) is 94.5 Å². The monoisotopic (exact) mass is 608 g/mol. The fourth-order valence-corrected chi connectivity index (χ4v) is 4.93. The maximum Gasteiger partial charge on any atom is 0.310 e. The number of carbonyl (C=O) groups excluding carboxylic acids is 1. The van der Waals surface area contributed by atoms with Crippen molar-refractivity contribution in [1.29, 1.82) is 0 Å². The van der Waals surface area contributed by atoms with Crippen LogP contribution in [0.5, 0.6) is 11.5 Å². The fraction of sp³-hybridized carbons (Fsp3) is 0.429. The first-order valence-corrected chi connectivity index (χ1v) is 15.5. The van der Waals surface area contributed by atoms with Gasteiger partial charge in [0, 0.05) is 26.1 Å². The molecule has 1 amide bonds. The molecule has 1 aliphatic rings. The Morgan fingerprint density at radius 1 is 0.953 bits per heavy atom. The van der Waals surface area contributed by atoms with Crippen LogP contribution in [0.25, 0.3) is 0 Å². The van der Waals surface area contributed by atoms with Gasteiger partial charge in [-0.15, -0.1) is 0 Å². The third-order valence-electron chi connectivity index (χ3n) is 7.57. The van der Waals surface area contributed by atoms with Crippen LogP contribution >= 0.6 is 11.6 Å². The van der Waals surface area contributed by atoms with E-state index in [1.165, 1.54) is 37.7 Å². The lowest BCUT2D eigenvalue weighted by Gasteiger charge is -2.17. The molecule has 43 heavy (non-hydrogen) atoms. The second-order valence-electron chi connectivity index (χ2n) is 11.1. The lowest BCUT2D eigenvalue weighted by Crippen LogP contribution is -2.30. The summed E-state index contributed by atoms with van der Waals surface area (Å²) in [6.45, 7) is 3.17.